The molecule has 38 heavy (non-hydrogen) atoms. The Hall–Kier alpha value is -4.02. The second kappa shape index (κ2) is 9.38. The van der Waals surface area contributed by atoms with Crippen LogP contribution < -0.4 is 0 Å². The van der Waals surface area contributed by atoms with Crippen molar-refractivity contribution in [3.05, 3.63) is 98.4 Å². The Morgan fingerprint density at radius 2 is 1.53 bits per heavy atom. The van der Waals surface area contributed by atoms with Gasteiger partial charge in [-0.1, -0.05) is 12.1 Å². The van der Waals surface area contributed by atoms with Crippen LogP contribution in [-0.2, 0) is 14.1 Å². The zero-order valence-electron chi connectivity index (χ0n) is 20.3. The third-order valence-electron chi connectivity index (χ3n) is 6.64. The van der Waals surface area contributed by atoms with Crippen molar-refractivity contribution < 1.29 is 4.92 Å². The average Bonchev–Trinajstić information content (AvgIpc) is 3.58. The van der Waals surface area contributed by atoms with Crippen molar-refractivity contribution in [2.75, 3.05) is 0 Å². The summed E-state index contributed by atoms with van der Waals surface area (Å²) < 4.78 is 5.69. The highest BCUT2D eigenvalue weighted by Gasteiger charge is 2.19. The number of rotatable bonds is 2. The molecule has 0 unspecified atom stereocenters. The van der Waals surface area contributed by atoms with E-state index in [1.54, 1.807) is 6.20 Å². The van der Waals surface area contributed by atoms with Gasteiger partial charge in [0.15, 0.2) is 0 Å². The van der Waals surface area contributed by atoms with E-state index in [1.165, 1.54) is 22.4 Å². The summed E-state index contributed by atoms with van der Waals surface area (Å²) in [6, 6.07) is 17.6. The quantitative estimate of drug-likeness (QED) is 0.155. The number of hydrogen-bond donors (Lipinski definition) is 1. The van der Waals surface area contributed by atoms with Gasteiger partial charge in [0.05, 0.1) is 16.0 Å². The Bertz CT molecular complexity index is 2020. The summed E-state index contributed by atoms with van der Waals surface area (Å²) in [6.07, 6.45) is 7.43. The number of aromatic amines is 1. The van der Waals surface area contributed by atoms with Crippen LogP contribution in [0.1, 0.15) is 0 Å². The number of pyridine rings is 2. The van der Waals surface area contributed by atoms with E-state index >= 15 is 0 Å². The van der Waals surface area contributed by atoms with Crippen molar-refractivity contribution in [1.82, 2.24) is 24.1 Å². The molecule has 5 heterocycles. The molecule has 1 N–H and O–H groups in total. The van der Waals surface area contributed by atoms with E-state index < -0.39 is 4.92 Å². The first-order chi connectivity index (χ1) is 18.3. The van der Waals surface area contributed by atoms with Gasteiger partial charge >= 0.3 is 0 Å². The van der Waals surface area contributed by atoms with Crippen molar-refractivity contribution in [1.29, 1.82) is 0 Å². The number of aromatic nitrogens is 5. The van der Waals surface area contributed by atoms with Crippen LogP contribution in [-0.4, -0.2) is 29.0 Å². The Kier molecular flexibility index (Phi) is 6.00. The van der Waals surface area contributed by atoms with Crippen molar-refractivity contribution in [3.8, 4) is 11.3 Å². The lowest BCUT2D eigenvalue weighted by Gasteiger charge is -2.05. The van der Waals surface area contributed by atoms with Crippen molar-refractivity contribution in [2.45, 2.75) is 0 Å². The second-order valence-electron chi connectivity index (χ2n) is 8.97. The molecule has 7 aromatic rings. The lowest BCUT2D eigenvalue weighted by Crippen LogP contribution is -1.95. The van der Waals surface area contributed by atoms with E-state index in [2.05, 4.69) is 88.9 Å². The Morgan fingerprint density at radius 3 is 2.29 bits per heavy atom. The largest absolute Gasteiger partial charge is 0.353 e. The first kappa shape index (κ1) is 24.3. The van der Waals surface area contributed by atoms with Gasteiger partial charge in [0.1, 0.15) is 5.69 Å². The minimum absolute atomic E-state index is 0.00396. The molecular weight excluding hydrogens is 612 g/mol. The zero-order valence-corrected chi connectivity index (χ0v) is 23.5. The van der Waals surface area contributed by atoms with E-state index in [1.807, 2.05) is 48.3 Å². The highest BCUT2D eigenvalue weighted by Crippen LogP contribution is 2.35. The van der Waals surface area contributed by atoms with E-state index in [0.29, 0.717) is 10.2 Å². The van der Waals surface area contributed by atoms with Gasteiger partial charge in [-0.25, -0.2) is 4.98 Å². The van der Waals surface area contributed by atoms with Gasteiger partial charge in [-0.2, -0.15) is 0 Å². The van der Waals surface area contributed by atoms with Crippen LogP contribution in [0.15, 0.2) is 88.3 Å². The molecule has 2 aromatic carbocycles. The Labute approximate surface area is 233 Å². The first-order valence-electron chi connectivity index (χ1n) is 11.7. The van der Waals surface area contributed by atoms with Crippen molar-refractivity contribution >= 4 is 81.3 Å². The van der Waals surface area contributed by atoms with Crippen LogP contribution >= 0.6 is 31.9 Å². The predicted molar refractivity (Wildman–Crippen MR) is 158 cm³/mol. The molecule has 0 amide bonds. The number of nitrogens with zero attached hydrogens (tertiary/aromatic N) is 5. The fourth-order valence-electron chi connectivity index (χ4n) is 4.87. The Balaban J connectivity index is 0.000000140. The summed E-state index contributed by atoms with van der Waals surface area (Å²) in [7, 11) is 4.00. The summed E-state index contributed by atoms with van der Waals surface area (Å²) in [4.78, 5) is 23.0. The molecular formula is C28H20Br2N6O2. The van der Waals surface area contributed by atoms with Crippen LogP contribution in [0.4, 0.5) is 5.69 Å². The topological polar surface area (TPSA) is 94.6 Å². The second-order valence-corrected chi connectivity index (χ2v) is 10.8. The number of aryl methyl sites for hydroxylation is 2. The molecule has 0 bridgehead atoms. The van der Waals surface area contributed by atoms with E-state index in [0.717, 1.165) is 37.5 Å². The first-order valence-corrected chi connectivity index (χ1v) is 13.3. The molecule has 0 aliphatic rings. The summed E-state index contributed by atoms with van der Waals surface area (Å²) in [6.45, 7) is 0. The number of benzene rings is 2. The van der Waals surface area contributed by atoms with Gasteiger partial charge in [0.2, 0.25) is 0 Å². The van der Waals surface area contributed by atoms with Gasteiger partial charge < -0.3 is 14.1 Å². The molecule has 0 fully saturated rings. The monoisotopic (exact) mass is 630 g/mol. The smallest absolute Gasteiger partial charge is 0.296 e. The standard InChI is InChI=1S/C14H10BrN3O2.C14H10BrN3/c1-17-6-5-10-11(3-2-4-12(10)17)14-13(18(19)20)7-9(15)8-16-14;1-18-5-4-9-12(18)3-2-10-13(9)14-11(17-10)6-8(15)7-16-14/h2-8H,1H3;2-7,17H,1H3. The van der Waals surface area contributed by atoms with Gasteiger partial charge in [-0.15, -0.1) is 0 Å². The number of H-pyrrole nitrogens is 1. The molecule has 0 radical (unpaired) electrons. The molecule has 10 heteroatoms. The average molecular weight is 632 g/mol. The highest BCUT2D eigenvalue weighted by atomic mass is 79.9. The Morgan fingerprint density at radius 1 is 0.842 bits per heavy atom. The van der Waals surface area contributed by atoms with Gasteiger partial charge in [0.25, 0.3) is 5.69 Å². The molecule has 0 aliphatic heterocycles. The van der Waals surface area contributed by atoms with Crippen LogP contribution in [0, 0.1) is 10.1 Å². The molecule has 0 saturated heterocycles. The number of nitrogens with one attached hydrogen (secondary N) is 1. The van der Waals surface area contributed by atoms with Gasteiger partial charge in [-0.3, -0.25) is 15.1 Å². The molecule has 188 valence electrons. The van der Waals surface area contributed by atoms with Gasteiger partial charge in [-0.05, 0) is 68.3 Å². The summed E-state index contributed by atoms with van der Waals surface area (Å²) in [5.41, 5.74) is 6.62. The lowest BCUT2D eigenvalue weighted by atomic mass is 10.1. The van der Waals surface area contributed by atoms with E-state index in [9.17, 15) is 10.1 Å². The molecule has 5 aromatic heterocycles. The number of hydrogen-bond acceptors (Lipinski definition) is 4. The van der Waals surface area contributed by atoms with Crippen LogP contribution in [0.3, 0.4) is 0 Å². The van der Waals surface area contributed by atoms with E-state index in [4.69, 9.17) is 0 Å². The van der Waals surface area contributed by atoms with E-state index in [-0.39, 0.29) is 5.69 Å². The molecule has 0 aliphatic carbocycles. The third kappa shape index (κ3) is 4.06. The van der Waals surface area contributed by atoms with Crippen LogP contribution in [0.25, 0.3) is 55.0 Å². The summed E-state index contributed by atoms with van der Waals surface area (Å²) in [5, 5.41) is 14.6. The lowest BCUT2D eigenvalue weighted by molar-refractivity contribution is -0.384. The number of nitro groups is 1. The highest BCUT2D eigenvalue weighted by molar-refractivity contribution is 9.10. The fraction of sp³-hybridized carbons (Fsp3) is 0.0714. The summed E-state index contributed by atoms with van der Waals surface area (Å²) in [5.74, 6) is 0. The SMILES string of the molecule is Cn1ccc2c(-c3ncc(Br)cc3[N+](=O)[O-])cccc21.Cn1ccc2c3c(ccc21)[nH]c1cc(Br)cnc13. The van der Waals surface area contributed by atoms with Crippen molar-refractivity contribution in [3.63, 3.8) is 0 Å². The molecule has 0 saturated carbocycles. The number of halogens is 2. The van der Waals surface area contributed by atoms with Gasteiger partial charge in [0, 0.05) is 92.2 Å². The molecule has 7 rings (SSSR count). The third-order valence-corrected chi connectivity index (χ3v) is 7.51. The molecule has 8 nitrogen and oxygen atoms in total. The maximum Gasteiger partial charge on any atom is 0.296 e. The van der Waals surface area contributed by atoms with Crippen LogP contribution in [0.5, 0.6) is 0 Å². The maximum absolute atomic E-state index is 11.2. The van der Waals surface area contributed by atoms with Crippen molar-refractivity contribution in [2.24, 2.45) is 14.1 Å². The van der Waals surface area contributed by atoms with Crippen LogP contribution in [0.2, 0.25) is 0 Å². The molecule has 0 spiro atoms. The zero-order chi connectivity index (χ0) is 26.6. The maximum atomic E-state index is 11.2. The minimum atomic E-state index is -0.408. The summed E-state index contributed by atoms with van der Waals surface area (Å²) >= 11 is 6.68. The molecule has 0 atom stereocenters. The predicted octanol–water partition coefficient (Wildman–Crippen LogP) is 7.88. The minimum Gasteiger partial charge on any atom is -0.353 e. The fourth-order valence-corrected chi connectivity index (χ4v) is 5.52. The normalized spacial score (nSPS) is 11.4. The number of fused-ring (bicyclic) bond motifs is 6.